The van der Waals surface area contributed by atoms with Gasteiger partial charge < -0.3 is 20.5 Å². The number of carbonyl (C=O) groups excluding carboxylic acids is 1. The Bertz CT molecular complexity index is 769. The number of rotatable bonds is 6. The molecule has 0 spiro atoms. The Morgan fingerprint density at radius 3 is 2.63 bits per heavy atom. The van der Waals surface area contributed by atoms with E-state index in [1.54, 1.807) is 4.90 Å². The second kappa shape index (κ2) is 8.46. The maximum absolute atomic E-state index is 12.7. The summed E-state index contributed by atoms with van der Waals surface area (Å²) < 4.78 is 0. The van der Waals surface area contributed by atoms with E-state index in [0.717, 1.165) is 49.4 Å². The molecule has 3 N–H and O–H groups in total. The molecule has 0 aliphatic heterocycles. The van der Waals surface area contributed by atoms with Crippen molar-refractivity contribution >= 4 is 22.8 Å². The fourth-order valence-electron chi connectivity index (χ4n) is 3.97. The van der Waals surface area contributed by atoms with Gasteiger partial charge in [-0.25, -0.2) is 4.99 Å². The van der Waals surface area contributed by atoms with Gasteiger partial charge in [0.25, 0.3) is 0 Å². The van der Waals surface area contributed by atoms with Crippen LogP contribution in [0.5, 0.6) is 0 Å². The monoisotopic (exact) mass is 369 g/mol. The average molecular weight is 370 g/mol. The molecule has 27 heavy (non-hydrogen) atoms. The maximum atomic E-state index is 12.7. The van der Waals surface area contributed by atoms with Gasteiger partial charge in [0.05, 0.1) is 12.0 Å². The molecule has 0 bridgehead atoms. The molecule has 3 rings (SSSR count). The van der Waals surface area contributed by atoms with Gasteiger partial charge in [0, 0.05) is 38.4 Å². The van der Waals surface area contributed by atoms with Crippen LogP contribution in [-0.2, 0) is 11.3 Å². The van der Waals surface area contributed by atoms with E-state index in [1.807, 2.05) is 26.2 Å². The van der Waals surface area contributed by atoms with Gasteiger partial charge in [-0.2, -0.15) is 0 Å². The number of H-pyrrole nitrogens is 1. The first kappa shape index (κ1) is 19.3. The lowest BCUT2D eigenvalue weighted by Crippen LogP contribution is -2.49. The number of para-hydroxylation sites is 1. The first-order valence-electron chi connectivity index (χ1n) is 9.85. The van der Waals surface area contributed by atoms with Crippen molar-refractivity contribution in [3.63, 3.8) is 0 Å². The summed E-state index contributed by atoms with van der Waals surface area (Å²) in [6, 6.07) is 10.4. The first-order valence-corrected chi connectivity index (χ1v) is 9.85. The van der Waals surface area contributed by atoms with Crippen molar-refractivity contribution in [3.05, 3.63) is 36.0 Å². The summed E-state index contributed by atoms with van der Waals surface area (Å²) >= 11 is 0. The van der Waals surface area contributed by atoms with E-state index in [-0.39, 0.29) is 11.3 Å². The van der Waals surface area contributed by atoms with Crippen LogP contribution in [0.1, 0.15) is 38.3 Å². The van der Waals surface area contributed by atoms with Gasteiger partial charge in [0.15, 0.2) is 5.96 Å². The van der Waals surface area contributed by atoms with Gasteiger partial charge in [0.1, 0.15) is 0 Å². The Morgan fingerprint density at radius 1 is 1.22 bits per heavy atom. The minimum Gasteiger partial charge on any atom is -0.357 e. The van der Waals surface area contributed by atoms with Gasteiger partial charge in [-0.15, -0.1) is 0 Å². The highest BCUT2D eigenvalue weighted by Gasteiger charge is 2.42. The van der Waals surface area contributed by atoms with Crippen molar-refractivity contribution in [2.75, 3.05) is 27.2 Å². The van der Waals surface area contributed by atoms with Crippen molar-refractivity contribution in [1.29, 1.82) is 0 Å². The number of guanidine groups is 1. The number of amides is 1. The SMILES string of the molecule is CCNC(=NCc1cc2ccccc2[nH]1)NCC1(C(=O)N(C)C)CCCC1. The van der Waals surface area contributed by atoms with Crippen LogP contribution in [-0.4, -0.2) is 48.9 Å². The normalized spacial score (nSPS) is 16.5. The second-order valence-electron chi connectivity index (χ2n) is 7.62. The lowest BCUT2D eigenvalue weighted by molar-refractivity contribution is -0.138. The third kappa shape index (κ3) is 4.43. The van der Waals surface area contributed by atoms with Crippen LogP contribution in [0.3, 0.4) is 0 Å². The highest BCUT2D eigenvalue weighted by molar-refractivity contribution is 5.85. The van der Waals surface area contributed by atoms with Crippen LogP contribution in [0.25, 0.3) is 10.9 Å². The molecule has 2 aromatic rings. The van der Waals surface area contributed by atoms with E-state index in [4.69, 9.17) is 4.99 Å². The summed E-state index contributed by atoms with van der Waals surface area (Å²) in [6.45, 7) is 4.03. The Balaban J connectivity index is 1.69. The number of aromatic amines is 1. The molecule has 1 aliphatic rings. The Kier molecular flexibility index (Phi) is 6.04. The lowest BCUT2D eigenvalue weighted by atomic mass is 9.84. The van der Waals surface area contributed by atoms with Crippen LogP contribution in [0, 0.1) is 5.41 Å². The third-order valence-electron chi connectivity index (χ3n) is 5.35. The van der Waals surface area contributed by atoms with E-state index in [2.05, 4.69) is 40.7 Å². The number of nitrogens with zero attached hydrogens (tertiary/aromatic N) is 2. The molecule has 146 valence electrons. The van der Waals surface area contributed by atoms with Crippen LogP contribution < -0.4 is 10.6 Å². The molecule has 6 nitrogen and oxygen atoms in total. The van der Waals surface area contributed by atoms with Crippen LogP contribution >= 0.6 is 0 Å². The van der Waals surface area contributed by atoms with Gasteiger partial charge in [-0.05, 0) is 37.3 Å². The Labute approximate surface area is 161 Å². The number of carbonyl (C=O) groups is 1. The summed E-state index contributed by atoms with van der Waals surface area (Å²) in [7, 11) is 3.69. The number of aromatic nitrogens is 1. The molecular weight excluding hydrogens is 338 g/mol. The van der Waals surface area contributed by atoms with Crippen molar-refractivity contribution in [2.45, 2.75) is 39.2 Å². The van der Waals surface area contributed by atoms with Gasteiger partial charge in [-0.3, -0.25) is 4.79 Å². The number of benzene rings is 1. The minimum atomic E-state index is -0.305. The molecule has 1 heterocycles. The number of aliphatic imine (C=N–C) groups is 1. The average Bonchev–Trinajstić information content (AvgIpc) is 3.30. The fourth-order valence-corrected chi connectivity index (χ4v) is 3.97. The van der Waals surface area contributed by atoms with Gasteiger partial charge >= 0.3 is 0 Å². The highest BCUT2D eigenvalue weighted by atomic mass is 16.2. The van der Waals surface area contributed by atoms with E-state index >= 15 is 0 Å². The standard InChI is InChI=1S/C21H31N5O/c1-4-22-20(23-14-17-13-16-9-5-6-10-18(16)25-17)24-15-21(11-7-8-12-21)19(27)26(2)3/h5-6,9-10,13,25H,4,7-8,11-12,14-15H2,1-3H3,(H2,22,23,24). The van der Waals surface area contributed by atoms with Crippen molar-refractivity contribution < 1.29 is 4.79 Å². The van der Waals surface area contributed by atoms with E-state index in [9.17, 15) is 4.79 Å². The molecule has 0 saturated heterocycles. The fraction of sp³-hybridized carbons (Fsp3) is 0.524. The van der Waals surface area contributed by atoms with Gasteiger partial charge in [-0.1, -0.05) is 31.0 Å². The number of hydrogen-bond acceptors (Lipinski definition) is 2. The lowest BCUT2D eigenvalue weighted by Gasteiger charge is -2.31. The molecule has 0 atom stereocenters. The number of hydrogen-bond donors (Lipinski definition) is 3. The van der Waals surface area contributed by atoms with Crippen LogP contribution in [0.2, 0.25) is 0 Å². The molecule has 6 heteroatoms. The van der Waals surface area contributed by atoms with Crippen molar-refractivity contribution in [2.24, 2.45) is 10.4 Å². The van der Waals surface area contributed by atoms with E-state index < -0.39 is 0 Å². The molecule has 1 aromatic carbocycles. The number of nitrogens with one attached hydrogen (secondary N) is 3. The van der Waals surface area contributed by atoms with Crippen LogP contribution in [0.4, 0.5) is 0 Å². The Morgan fingerprint density at radius 2 is 1.96 bits per heavy atom. The summed E-state index contributed by atoms with van der Waals surface area (Å²) in [5.74, 6) is 0.980. The summed E-state index contributed by atoms with van der Waals surface area (Å²) in [4.78, 5) is 22.6. The molecule has 0 unspecified atom stereocenters. The van der Waals surface area contributed by atoms with Crippen LogP contribution in [0.15, 0.2) is 35.3 Å². The smallest absolute Gasteiger partial charge is 0.230 e. The first-order chi connectivity index (χ1) is 13.0. The molecule has 1 amide bonds. The van der Waals surface area contributed by atoms with E-state index in [1.165, 1.54) is 5.39 Å². The Hall–Kier alpha value is -2.50. The predicted molar refractivity (Wildman–Crippen MR) is 111 cm³/mol. The van der Waals surface area contributed by atoms with Gasteiger partial charge in [0.2, 0.25) is 5.91 Å². The second-order valence-corrected chi connectivity index (χ2v) is 7.62. The van der Waals surface area contributed by atoms with E-state index in [0.29, 0.717) is 13.1 Å². The molecule has 1 saturated carbocycles. The molecule has 1 aliphatic carbocycles. The molecule has 1 aromatic heterocycles. The topological polar surface area (TPSA) is 72.5 Å². The minimum absolute atomic E-state index is 0.221. The third-order valence-corrected chi connectivity index (χ3v) is 5.35. The maximum Gasteiger partial charge on any atom is 0.230 e. The molecule has 1 fully saturated rings. The van der Waals surface area contributed by atoms with Crippen molar-refractivity contribution in [1.82, 2.24) is 20.5 Å². The molecular formula is C21H31N5O. The largest absolute Gasteiger partial charge is 0.357 e. The van der Waals surface area contributed by atoms with Crippen molar-refractivity contribution in [3.8, 4) is 0 Å². The zero-order valence-corrected chi connectivity index (χ0v) is 16.6. The highest BCUT2D eigenvalue weighted by Crippen LogP contribution is 2.38. The summed E-state index contributed by atoms with van der Waals surface area (Å²) in [6.07, 6.45) is 4.12. The predicted octanol–water partition coefficient (Wildman–Crippen LogP) is 2.87. The summed E-state index contributed by atoms with van der Waals surface area (Å²) in [5.41, 5.74) is 1.90. The molecule has 0 radical (unpaired) electrons. The zero-order chi connectivity index (χ0) is 19.3. The zero-order valence-electron chi connectivity index (χ0n) is 16.6. The number of fused-ring (bicyclic) bond motifs is 1. The summed E-state index contributed by atoms with van der Waals surface area (Å²) in [5, 5.41) is 7.91. The quantitative estimate of drug-likeness (QED) is 0.541.